The van der Waals surface area contributed by atoms with E-state index in [0.29, 0.717) is 0 Å². The molecule has 0 heterocycles. The fraction of sp³-hybridized carbons (Fsp3) is 0.417. The lowest BCUT2D eigenvalue weighted by Gasteiger charge is -2.15. The predicted molar refractivity (Wildman–Crippen MR) is 64.8 cm³/mol. The van der Waals surface area contributed by atoms with Gasteiger partial charge in [-0.1, -0.05) is 6.07 Å². The van der Waals surface area contributed by atoms with Crippen LogP contribution in [0.3, 0.4) is 0 Å². The molecule has 0 aliphatic carbocycles. The normalized spacial score (nSPS) is 14.1. The number of nitrogens with one attached hydrogen (secondary N) is 1. The maximum absolute atomic E-state index is 11.7. The third kappa shape index (κ3) is 3.72. The average Bonchev–Trinajstić information content (AvgIpc) is 2.25. The lowest BCUT2D eigenvalue weighted by Crippen LogP contribution is -2.43. The van der Waals surface area contributed by atoms with E-state index in [4.69, 9.17) is 10.8 Å². The number of hydrogen-bond acceptors (Lipinski definition) is 4. The molecule has 1 amide bonds. The van der Waals surface area contributed by atoms with Gasteiger partial charge < -0.3 is 21.3 Å². The van der Waals surface area contributed by atoms with Gasteiger partial charge in [0.2, 0.25) is 0 Å². The zero-order valence-corrected chi connectivity index (χ0v) is 9.97. The number of rotatable bonds is 4. The molecule has 0 spiro atoms. The van der Waals surface area contributed by atoms with Crippen LogP contribution in [0.1, 0.15) is 22.8 Å². The number of aryl methyl sites for hydroxylation is 1. The number of benzene rings is 1. The zero-order chi connectivity index (χ0) is 13.0. The summed E-state index contributed by atoms with van der Waals surface area (Å²) < 4.78 is 0. The summed E-state index contributed by atoms with van der Waals surface area (Å²) in [7, 11) is 0. The molecule has 0 aliphatic heterocycles. The Hall–Kier alpha value is -1.59. The first-order valence-electron chi connectivity index (χ1n) is 5.43. The highest BCUT2D eigenvalue weighted by molar-refractivity contribution is 5.96. The highest BCUT2D eigenvalue weighted by atomic mass is 16.3. The third-order valence-corrected chi connectivity index (χ3v) is 2.52. The number of carbonyl (C=O) groups is 1. The molecule has 5 N–H and O–H groups in total. The Morgan fingerprint density at radius 2 is 2.18 bits per heavy atom. The number of carbonyl (C=O) groups excluding carboxylic acids is 1. The van der Waals surface area contributed by atoms with Gasteiger partial charge in [0.1, 0.15) is 5.75 Å². The molecule has 0 bridgehead atoms. The Labute approximate surface area is 100 Å². The minimum absolute atomic E-state index is 0.0619. The number of phenolic OH excluding ortho intramolecular Hbond substituents is 1. The van der Waals surface area contributed by atoms with Gasteiger partial charge in [-0.15, -0.1) is 0 Å². The lowest BCUT2D eigenvalue weighted by molar-refractivity contribution is 0.0935. The molecule has 0 saturated carbocycles. The SMILES string of the molecule is Cc1ccc(C(=O)NCC(N)C(C)O)c(O)c1. The molecule has 5 nitrogen and oxygen atoms in total. The summed E-state index contributed by atoms with van der Waals surface area (Å²) >= 11 is 0. The van der Waals surface area contributed by atoms with Crippen LogP contribution < -0.4 is 11.1 Å². The monoisotopic (exact) mass is 238 g/mol. The summed E-state index contributed by atoms with van der Waals surface area (Å²) in [6, 6.07) is 4.28. The van der Waals surface area contributed by atoms with E-state index in [0.717, 1.165) is 5.56 Å². The van der Waals surface area contributed by atoms with Gasteiger partial charge in [-0.2, -0.15) is 0 Å². The fourth-order valence-electron chi connectivity index (χ4n) is 1.31. The van der Waals surface area contributed by atoms with Gasteiger partial charge >= 0.3 is 0 Å². The smallest absolute Gasteiger partial charge is 0.255 e. The molecule has 94 valence electrons. The van der Waals surface area contributed by atoms with Crippen molar-refractivity contribution in [2.75, 3.05) is 6.54 Å². The summed E-state index contributed by atoms with van der Waals surface area (Å²) in [5.74, 6) is -0.466. The molecule has 17 heavy (non-hydrogen) atoms. The van der Waals surface area contributed by atoms with Gasteiger partial charge in [-0.3, -0.25) is 4.79 Å². The molecule has 0 aliphatic rings. The van der Waals surface area contributed by atoms with Crippen molar-refractivity contribution in [1.82, 2.24) is 5.32 Å². The Kier molecular flexibility index (Phi) is 4.48. The minimum atomic E-state index is -0.693. The number of aliphatic hydroxyl groups excluding tert-OH is 1. The van der Waals surface area contributed by atoms with Gasteiger partial charge in [0, 0.05) is 12.6 Å². The van der Waals surface area contributed by atoms with Crippen molar-refractivity contribution in [3.8, 4) is 5.75 Å². The molecule has 0 saturated heterocycles. The molecule has 1 rings (SSSR count). The van der Waals surface area contributed by atoms with Crippen LogP contribution in [0, 0.1) is 6.92 Å². The quantitative estimate of drug-likeness (QED) is 0.600. The number of phenols is 1. The molecule has 0 fully saturated rings. The van der Waals surface area contributed by atoms with E-state index in [1.54, 1.807) is 19.1 Å². The van der Waals surface area contributed by atoms with Crippen LogP contribution in [0.4, 0.5) is 0 Å². The summed E-state index contributed by atoms with van der Waals surface area (Å²) in [5.41, 5.74) is 6.65. The second-order valence-corrected chi connectivity index (χ2v) is 4.14. The van der Waals surface area contributed by atoms with Crippen molar-refractivity contribution in [1.29, 1.82) is 0 Å². The second kappa shape index (κ2) is 5.65. The van der Waals surface area contributed by atoms with Crippen molar-refractivity contribution in [2.24, 2.45) is 5.73 Å². The van der Waals surface area contributed by atoms with Crippen LogP contribution in [-0.4, -0.2) is 34.8 Å². The number of amides is 1. The Bertz CT molecular complexity index is 405. The standard InChI is InChI=1S/C12H18N2O3/c1-7-3-4-9(11(16)5-7)12(17)14-6-10(13)8(2)15/h3-5,8,10,15-16H,6,13H2,1-2H3,(H,14,17). The van der Waals surface area contributed by atoms with E-state index in [-0.39, 0.29) is 17.9 Å². The van der Waals surface area contributed by atoms with Crippen molar-refractivity contribution in [3.05, 3.63) is 29.3 Å². The van der Waals surface area contributed by atoms with Gasteiger partial charge in [0.15, 0.2) is 0 Å². The van der Waals surface area contributed by atoms with E-state index in [1.807, 2.05) is 6.92 Å². The largest absolute Gasteiger partial charge is 0.507 e. The Morgan fingerprint density at radius 1 is 1.53 bits per heavy atom. The number of nitrogens with two attached hydrogens (primary N) is 1. The van der Waals surface area contributed by atoms with Gasteiger partial charge in [0.05, 0.1) is 11.7 Å². The average molecular weight is 238 g/mol. The maximum atomic E-state index is 11.7. The maximum Gasteiger partial charge on any atom is 0.255 e. The molecule has 5 heteroatoms. The van der Waals surface area contributed by atoms with Crippen molar-refractivity contribution >= 4 is 5.91 Å². The molecule has 2 unspecified atom stereocenters. The number of aromatic hydroxyl groups is 1. The van der Waals surface area contributed by atoms with Crippen LogP contribution in [0.2, 0.25) is 0 Å². The molecule has 0 radical (unpaired) electrons. The van der Waals surface area contributed by atoms with Crippen molar-refractivity contribution in [3.63, 3.8) is 0 Å². The van der Waals surface area contributed by atoms with Gasteiger partial charge in [-0.25, -0.2) is 0 Å². The fourth-order valence-corrected chi connectivity index (χ4v) is 1.31. The topological polar surface area (TPSA) is 95.6 Å². The number of aliphatic hydroxyl groups is 1. The van der Waals surface area contributed by atoms with E-state index in [9.17, 15) is 9.90 Å². The summed E-state index contributed by atoms with van der Waals surface area (Å²) in [6.07, 6.45) is -0.693. The Morgan fingerprint density at radius 3 is 2.71 bits per heavy atom. The van der Waals surface area contributed by atoms with Crippen molar-refractivity contribution < 1.29 is 15.0 Å². The van der Waals surface area contributed by atoms with E-state index in [1.165, 1.54) is 6.07 Å². The highest BCUT2D eigenvalue weighted by Crippen LogP contribution is 2.17. The van der Waals surface area contributed by atoms with Crippen LogP contribution in [0.5, 0.6) is 5.75 Å². The van der Waals surface area contributed by atoms with Gasteiger partial charge in [-0.05, 0) is 31.5 Å². The van der Waals surface area contributed by atoms with Crippen LogP contribution in [-0.2, 0) is 0 Å². The highest BCUT2D eigenvalue weighted by Gasteiger charge is 2.14. The summed E-state index contributed by atoms with van der Waals surface area (Å²) in [5, 5.41) is 21.3. The molecule has 1 aromatic rings. The third-order valence-electron chi connectivity index (χ3n) is 2.52. The Balaban J connectivity index is 2.64. The van der Waals surface area contributed by atoms with E-state index < -0.39 is 18.1 Å². The molecule has 2 atom stereocenters. The first-order valence-corrected chi connectivity index (χ1v) is 5.43. The van der Waals surface area contributed by atoms with E-state index >= 15 is 0 Å². The minimum Gasteiger partial charge on any atom is -0.507 e. The molecule has 0 aromatic heterocycles. The summed E-state index contributed by atoms with van der Waals surface area (Å²) in [4.78, 5) is 11.7. The molecular formula is C12H18N2O3. The van der Waals surface area contributed by atoms with E-state index in [2.05, 4.69) is 5.32 Å². The van der Waals surface area contributed by atoms with Gasteiger partial charge in [0.25, 0.3) is 5.91 Å². The first-order chi connectivity index (χ1) is 7.91. The summed E-state index contributed by atoms with van der Waals surface area (Å²) in [6.45, 7) is 3.54. The molecule has 1 aromatic carbocycles. The van der Waals surface area contributed by atoms with Crippen LogP contribution in [0.25, 0.3) is 0 Å². The van der Waals surface area contributed by atoms with Crippen LogP contribution in [0.15, 0.2) is 18.2 Å². The zero-order valence-electron chi connectivity index (χ0n) is 9.97. The first kappa shape index (κ1) is 13.5. The van der Waals surface area contributed by atoms with Crippen LogP contribution >= 0.6 is 0 Å². The van der Waals surface area contributed by atoms with Crippen molar-refractivity contribution in [2.45, 2.75) is 26.0 Å². The lowest BCUT2D eigenvalue weighted by atomic mass is 10.1. The predicted octanol–water partition coefficient (Wildman–Crippen LogP) is 0.139. The second-order valence-electron chi connectivity index (χ2n) is 4.14. The molecular weight excluding hydrogens is 220 g/mol. The number of hydrogen-bond donors (Lipinski definition) is 4.